The lowest BCUT2D eigenvalue weighted by Gasteiger charge is -2.06. The molecule has 1 aromatic heterocycles. The van der Waals surface area contributed by atoms with Crippen LogP contribution in [0.2, 0.25) is 0 Å². The third kappa shape index (κ3) is 4.47. The number of anilines is 1. The molecule has 0 aliphatic rings. The normalized spacial score (nSPS) is 11.8. The van der Waals surface area contributed by atoms with Crippen LogP contribution in [0, 0.1) is 0 Å². The van der Waals surface area contributed by atoms with Crippen LogP contribution in [0.4, 0.5) is 5.95 Å². The summed E-state index contributed by atoms with van der Waals surface area (Å²) in [6.07, 6.45) is 3.40. The molecule has 0 aliphatic carbocycles. The number of nitrogens with one attached hydrogen (secondary N) is 1. The molecule has 0 radical (unpaired) electrons. The maximum Gasteiger partial charge on any atom is 0.222 e. The van der Waals surface area contributed by atoms with Crippen molar-refractivity contribution in [1.82, 2.24) is 9.97 Å². The molecule has 2 aromatic carbocycles. The number of hydrogen-bond acceptors (Lipinski definition) is 4. The van der Waals surface area contributed by atoms with E-state index in [0.29, 0.717) is 18.2 Å². The van der Waals surface area contributed by atoms with Gasteiger partial charge in [0.15, 0.2) is 0 Å². The smallest absolute Gasteiger partial charge is 0.222 e. The number of nitrogens with zero attached hydrogens (tertiary/aromatic N) is 2. The zero-order valence-electron chi connectivity index (χ0n) is 12.6. The van der Waals surface area contributed by atoms with Gasteiger partial charge in [0, 0.05) is 23.8 Å². The predicted octanol–water partition coefficient (Wildman–Crippen LogP) is 3.40. The molecule has 3 aromatic rings. The molecule has 4 nitrogen and oxygen atoms in total. The van der Waals surface area contributed by atoms with Gasteiger partial charge in [0.25, 0.3) is 0 Å². The van der Waals surface area contributed by atoms with Crippen molar-refractivity contribution in [3.8, 4) is 0 Å². The van der Waals surface area contributed by atoms with Gasteiger partial charge < -0.3 is 5.32 Å². The molecule has 0 aliphatic heterocycles. The standard InChI is InChI=1S/C18H17N3OS/c22-23(14-16-5-2-1-3-6-16)17-9-7-15(8-10-17)13-21-18-19-11-4-12-20-18/h1-12H,13-14H2,(H,19,20,21). The van der Waals surface area contributed by atoms with E-state index in [4.69, 9.17) is 0 Å². The van der Waals surface area contributed by atoms with Gasteiger partial charge in [0.2, 0.25) is 5.95 Å². The average Bonchev–Trinajstić information content (AvgIpc) is 2.62. The van der Waals surface area contributed by atoms with Gasteiger partial charge in [-0.15, -0.1) is 0 Å². The molecule has 3 rings (SSSR count). The highest BCUT2D eigenvalue weighted by atomic mass is 32.2. The van der Waals surface area contributed by atoms with Gasteiger partial charge in [-0.2, -0.15) is 0 Å². The Bertz CT molecular complexity index is 761. The van der Waals surface area contributed by atoms with Crippen molar-refractivity contribution in [2.75, 3.05) is 5.32 Å². The van der Waals surface area contributed by atoms with E-state index >= 15 is 0 Å². The number of rotatable bonds is 6. The summed E-state index contributed by atoms with van der Waals surface area (Å²) in [6.45, 7) is 0.635. The van der Waals surface area contributed by atoms with Crippen LogP contribution in [0.25, 0.3) is 0 Å². The summed E-state index contributed by atoms with van der Waals surface area (Å²) in [6, 6.07) is 19.5. The second-order valence-electron chi connectivity index (χ2n) is 5.05. The molecule has 0 saturated carbocycles. The minimum atomic E-state index is -1.03. The molecule has 1 atom stereocenters. The Balaban J connectivity index is 1.59. The molecule has 0 bridgehead atoms. The molecule has 1 unspecified atom stereocenters. The van der Waals surface area contributed by atoms with E-state index in [2.05, 4.69) is 15.3 Å². The molecule has 0 saturated heterocycles. The van der Waals surface area contributed by atoms with Gasteiger partial charge >= 0.3 is 0 Å². The van der Waals surface area contributed by atoms with Gasteiger partial charge in [-0.3, -0.25) is 4.21 Å². The minimum absolute atomic E-state index is 0.538. The van der Waals surface area contributed by atoms with Crippen molar-refractivity contribution in [1.29, 1.82) is 0 Å². The first-order valence-corrected chi connectivity index (χ1v) is 8.65. The van der Waals surface area contributed by atoms with Gasteiger partial charge in [-0.1, -0.05) is 42.5 Å². The van der Waals surface area contributed by atoms with E-state index in [1.165, 1.54) is 0 Å². The van der Waals surface area contributed by atoms with E-state index in [-0.39, 0.29) is 0 Å². The first-order chi connectivity index (χ1) is 11.3. The van der Waals surface area contributed by atoms with Crippen LogP contribution >= 0.6 is 0 Å². The predicted molar refractivity (Wildman–Crippen MR) is 92.4 cm³/mol. The van der Waals surface area contributed by atoms with Crippen LogP contribution in [0.5, 0.6) is 0 Å². The van der Waals surface area contributed by atoms with Crippen molar-refractivity contribution in [3.05, 3.63) is 84.2 Å². The minimum Gasteiger partial charge on any atom is -0.350 e. The fourth-order valence-electron chi connectivity index (χ4n) is 2.14. The SMILES string of the molecule is O=S(Cc1ccccc1)c1ccc(CNc2ncccn2)cc1. The molecule has 0 amide bonds. The van der Waals surface area contributed by atoms with Gasteiger partial charge in [0.1, 0.15) is 0 Å². The van der Waals surface area contributed by atoms with Crippen LogP contribution in [0.1, 0.15) is 11.1 Å². The van der Waals surface area contributed by atoms with Crippen LogP contribution in [0.15, 0.2) is 78.0 Å². The molecule has 1 N–H and O–H groups in total. The summed E-state index contributed by atoms with van der Waals surface area (Å²) in [5, 5.41) is 3.15. The second-order valence-corrected chi connectivity index (χ2v) is 6.50. The Kier molecular flexibility index (Phi) is 5.11. The maximum atomic E-state index is 12.4. The van der Waals surface area contributed by atoms with E-state index < -0.39 is 10.8 Å². The fraction of sp³-hybridized carbons (Fsp3) is 0.111. The zero-order chi connectivity index (χ0) is 15.9. The average molecular weight is 323 g/mol. The van der Waals surface area contributed by atoms with E-state index in [9.17, 15) is 4.21 Å². The summed E-state index contributed by atoms with van der Waals surface area (Å²) in [5.41, 5.74) is 2.18. The van der Waals surface area contributed by atoms with Crippen LogP contribution in [-0.4, -0.2) is 14.2 Å². The monoisotopic (exact) mass is 323 g/mol. The molecule has 23 heavy (non-hydrogen) atoms. The molecule has 0 spiro atoms. The highest BCUT2D eigenvalue weighted by Crippen LogP contribution is 2.14. The summed E-state index contributed by atoms with van der Waals surface area (Å²) < 4.78 is 12.4. The van der Waals surface area contributed by atoms with Gasteiger partial charge in [-0.25, -0.2) is 9.97 Å². The Morgan fingerprint density at radius 3 is 2.22 bits per heavy atom. The van der Waals surface area contributed by atoms with Crippen molar-refractivity contribution < 1.29 is 4.21 Å². The summed E-state index contributed by atoms with van der Waals surface area (Å²) in [4.78, 5) is 9.07. The topological polar surface area (TPSA) is 54.9 Å². The second kappa shape index (κ2) is 7.65. The first-order valence-electron chi connectivity index (χ1n) is 7.33. The van der Waals surface area contributed by atoms with E-state index in [1.807, 2.05) is 54.6 Å². The highest BCUT2D eigenvalue weighted by molar-refractivity contribution is 7.84. The summed E-state index contributed by atoms with van der Waals surface area (Å²) in [7, 11) is -1.03. The Morgan fingerprint density at radius 1 is 0.826 bits per heavy atom. The van der Waals surface area contributed by atoms with Crippen LogP contribution in [-0.2, 0) is 23.1 Å². The maximum absolute atomic E-state index is 12.4. The molecule has 1 heterocycles. The van der Waals surface area contributed by atoms with Crippen molar-refractivity contribution >= 4 is 16.7 Å². The molecule has 0 fully saturated rings. The lowest BCUT2D eigenvalue weighted by atomic mass is 10.2. The van der Waals surface area contributed by atoms with Crippen molar-refractivity contribution in [3.63, 3.8) is 0 Å². The van der Waals surface area contributed by atoms with Crippen LogP contribution in [0.3, 0.4) is 0 Å². The summed E-state index contributed by atoms with van der Waals surface area (Å²) >= 11 is 0. The van der Waals surface area contributed by atoms with Gasteiger partial charge in [0.05, 0.1) is 16.6 Å². The molecular weight excluding hydrogens is 306 g/mol. The Hall–Kier alpha value is -2.53. The van der Waals surface area contributed by atoms with Crippen molar-refractivity contribution in [2.24, 2.45) is 0 Å². The fourth-order valence-corrected chi connectivity index (χ4v) is 3.24. The lowest BCUT2D eigenvalue weighted by Crippen LogP contribution is -2.03. The van der Waals surface area contributed by atoms with E-state index in [0.717, 1.165) is 16.0 Å². The van der Waals surface area contributed by atoms with Crippen molar-refractivity contribution in [2.45, 2.75) is 17.2 Å². The quantitative estimate of drug-likeness (QED) is 0.755. The van der Waals surface area contributed by atoms with Crippen LogP contribution < -0.4 is 5.32 Å². The number of benzene rings is 2. The number of aromatic nitrogens is 2. The largest absolute Gasteiger partial charge is 0.350 e. The Morgan fingerprint density at radius 2 is 1.52 bits per heavy atom. The lowest BCUT2D eigenvalue weighted by molar-refractivity contribution is 0.682. The first kappa shape index (κ1) is 15.4. The zero-order valence-corrected chi connectivity index (χ0v) is 13.4. The summed E-state index contributed by atoms with van der Waals surface area (Å²) in [5.74, 6) is 1.14. The third-order valence-corrected chi connectivity index (χ3v) is 4.74. The molecule has 5 heteroatoms. The molecule has 116 valence electrons. The van der Waals surface area contributed by atoms with Gasteiger partial charge in [-0.05, 0) is 29.3 Å². The number of hydrogen-bond donors (Lipinski definition) is 1. The molecular formula is C18H17N3OS. The third-order valence-electron chi connectivity index (χ3n) is 3.34. The van der Waals surface area contributed by atoms with E-state index in [1.54, 1.807) is 18.5 Å². The Labute approximate surface area is 138 Å². The highest BCUT2D eigenvalue weighted by Gasteiger charge is 2.05.